The van der Waals surface area contributed by atoms with Crippen molar-refractivity contribution in [3.8, 4) is 0 Å². The first kappa shape index (κ1) is 13.7. The Balaban J connectivity index is 2.02. The lowest BCUT2D eigenvalue weighted by molar-refractivity contribution is -0.146. The molecule has 0 spiro atoms. The van der Waals surface area contributed by atoms with Crippen LogP contribution in [0.4, 0.5) is 4.79 Å². The summed E-state index contributed by atoms with van der Waals surface area (Å²) in [6.45, 7) is 1.30. The lowest BCUT2D eigenvalue weighted by Crippen LogP contribution is -2.41. The molecule has 0 aromatic rings. The summed E-state index contributed by atoms with van der Waals surface area (Å²) in [5, 5.41) is 22.4. The molecule has 1 aliphatic rings. The highest BCUT2D eigenvalue weighted by Gasteiger charge is 2.16. The SMILES string of the molecule is O=C(NCCC(O)C(=O)O)NCC1CCCO1. The van der Waals surface area contributed by atoms with Gasteiger partial charge in [0.1, 0.15) is 0 Å². The van der Waals surface area contributed by atoms with E-state index in [0.29, 0.717) is 6.54 Å². The van der Waals surface area contributed by atoms with Crippen molar-refractivity contribution < 1.29 is 24.5 Å². The molecule has 0 aromatic carbocycles. The van der Waals surface area contributed by atoms with Gasteiger partial charge >= 0.3 is 12.0 Å². The van der Waals surface area contributed by atoms with Crippen LogP contribution in [-0.2, 0) is 9.53 Å². The normalized spacial score (nSPS) is 20.9. The van der Waals surface area contributed by atoms with Gasteiger partial charge in [-0.2, -0.15) is 0 Å². The smallest absolute Gasteiger partial charge is 0.332 e. The molecule has 2 amide bonds. The molecule has 98 valence electrons. The standard InChI is InChI=1S/C10H18N2O5/c13-8(9(14)15)3-4-11-10(16)12-6-7-2-1-5-17-7/h7-8,13H,1-6H2,(H,14,15)(H2,11,12,16). The Morgan fingerprint density at radius 1 is 1.41 bits per heavy atom. The van der Waals surface area contributed by atoms with Crippen LogP contribution in [0, 0.1) is 0 Å². The van der Waals surface area contributed by atoms with Gasteiger partial charge in [-0.1, -0.05) is 0 Å². The molecular weight excluding hydrogens is 228 g/mol. The zero-order valence-electron chi connectivity index (χ0n) is 9.52. The average Bonchev–Trinajstić information content (AvgIpc) is 2.78. The summed E-state index contributed by atoms with van der Waals surface area (Å²) in [6, 6.07) is -0.377. The topological polar surface area (TPSA) is 108 Å². The molecule has 1 fully saturated rings. The van der Waals surface area contributed by atoms with Crippen molar-refractivity contribution in [3.05, 3.63) is 0 Å². The molecular formula is C10H18N2O5. The van der Waals surface area contributed by atoms with Gasteiger partial charge in [0.25, 0.3) is 0 Å². The molecule has 7 nitrogen and oxygen atoms in total. The van der Waals surface area contributed by atoms with Crippen molar-refractivity contribution in [1.29, 1.82) is 0 Å². The van der Waals surface area contributed by atoms with Gasteiger partial charge in [0.05, 0.1) is 6.10 Å². The van der Waals surface area contributed by atoms with E-state index >= 15 is 0 Å². The Hall–Kier alpha value is -1.34. The Morgan fingerprint density at radius 3 is 2.76 bits per heavy atom. The van der Waals surface area contributed by atoms with Gasteiger partial charge in [0, 0.05) is 26.1 Å². The number of ether oxygens (including phenoxy) is 1. The number of rotatable bonds is 6. The summed E-state index contributed by atoms with van der Waals surface area (Å²) in [5.74, 6) is -1.29. The third-order valence-electron chi connectivity index (χ3n) is 2.50. The van der Waals surface area contributed by atoms with E-state index in [1.165, 1.54) is 0 Å². The quantitative estimate of drug-likeness (QED) is 0.495. The van der Waals surface area contributed by atoms with E-state index in [4.69, 9.17) is 14.9 Å². The van der Waals surface area contributed by atoms with Crippen LogP contribution < -0.4 is 10.6 Å². The molecule has 1 aliphatic heterocycles. The number of carboxylic acid groups (broad SMARTS) is 1. The summed E-state index contributed by atoms with van der Waals surface area (Å²) >= 11 is 0. The van der Waals surface area contributed by atoms with Gasteiger partial charge in [0.2, 0.25) is 0 Å². The van der Waals surface area contributed by atoms with Crippen LogP contribution in [-0.4, -0.2) is 54.1 Å². The number of aliphatic hydroxyl groups excluding tert-OH is 1. The zero-order chi connectivity index (χ0) is 12.7. The van der Waals surface area contributed by atoms with Gasteiger partial charge in [-0.15, -0.1) is 0 Å². The average molecular weight is 246 g/mol. The molecule has 0 bridgehead atoms. The van der Waals surface area contributed by atoms with Crippen molar-refractivity contribution in [2.75, 3.05) is 19.7 Å². The van der Waals surface area contributed by atoms with Gasteiger partial charge in [-0.3, -0.25) is 0 Å². The van der Waals surface area contributed by atoms with Crippen LogP contribution in [0.3, 0.4) is 0 Å². The highest BCUT2D eigenvalue weighted by Crippen LogP contribution is 2.10. The van der Waals surface area contributed by atoms with E-state index < -0.39 is 12.1 Å². The molecule has 0 aromatic heterocycles. The van der Waals surface area contributed by atoms with Crippen molar-refractivity contribution >= 4 is 12.0 Å². The minimum Gasteiger partial charge on any atom is -0.479 e. The van der Waals surface area contributed by atoms with Crippen LogP contribution >= 0.6 is 0 Å². The van der Waals surface area contributed by atoms with E-state index in [1.807, 2.05) is 0 Å². The number of hydrogen-bond acceptors (Lipinski definition) is 4. The largest absolute Gasteiger partial charge is 0.479 e. The number of urea groups is 1. The van der Waals surface area contributed by atoms with Gasteiger partial charge in [-0.25, -0.2) is 9.59 Å². The third kappa shape index (κ3) is 5.50. The van der Waals surface area contributed by atoms with Gasteiger partial charge in [0.15, 0.2) is 6.10 Å². The van der Waals surface area contributed by atoms with Crippen molar-refractivity contribution in [2.45, 2.75) is 31.5 Å². The fraction of sp³-hybridized carbons (Fsp3) is 0.800. The maximum atomic E-state index is 11.2. The van der Waals surface area contributed by atoms with Gasteiger partial charge in [-0.05, 0) is 12.8 Å². The Bertz CT molecular complexity index is 265. The minimum atomic E-state index is -1.44. The molecule has 0 aliphatic carbocycles. The Morgan fingerprint density at radius 2 is 2.18 bits per heavy atom. The lowest BCUT2D eigenvalue weighted by Gasteiger charge is -2.12. The number of amides is 2. The number of hydrogen-bond donors (Lipinski definition) is 4. The van der Waals surface area contributed by atoms with Gasteiger partial charge < -0.3 is 25.6 Å². The van der Waals surface area contributed by atoms with Crippen molar-refractivity contribution in [1.82, 2.24) is 10.6 Å². The molecule has 1 heterocycles. The maximum absolute atomic E-state index is 11.2. The minimum absolute atomic E-state index is 0.0112. The Labute approximate surface area is 99.1 Å². The fourth-order valence-electron chi connectivity index (χ4n) is 1.52. The molecule has 7 heteroatoms. The highest BCUT2D eigenvalue weighted by molar-refractivity contribution is 5.74. The first-order valence-corrected chi connectivity index (χ1v) is 5.63. The van der Waals surface area contributed by atoms with Crippen LogP contribution in [0.25, 0.3) is 0 Å². The van der Waals surface area contributed by atoms with Crippen LogP contribution in [0.15, 0.2) is 0 Å². The predicted molar refractivity (Wildman–Crippen MR) is 58.6 cm³/mol. The number of nitrogens with one attached hydrogen (secondary N) is 2. The maximum Gasteiger partial charge on any atom is 0.332 e. The second kappa shape index (κ2) is 7.08. The lowest BCUT2D eigenvalue weighted by atomic mass is 10.2. The van der Waals surface area contributed by atoms with Crippen molar-refractivity contribution in [3.63, 3.8) is 0 Å². The number of carboxylic acids is 1. The molecule has 1 rings (SSSR count). The van der Waals surface area contributed by atoms with E-state index in [9.17, 15) is 9.59 Å². The molecule has 2 atom stereocenters. The summed E-state index contributed by atoms with van der Waals surface area (Å²) in [6.07, 6.45) is 0.582. The van der Waals surface area contributed by atoms with Crippen LogP contribution in [0.5, 0.6) is 0 Å². The Kier molecular flexibility index (Phi) is 5.71. The molecule has 4 N–H and O–H groups in total. The van der Waals surface area contributed by atoms with E-state index in [-0.39, 0.29) is 25.1 Å². The van der Waals surface area contributed by atoms with E-state index in [1.54, 1.807) is 0 Å². The van der Waals surface area contributed by atoms with Crippen LogP contribution in [0.1, 0.15) is 19.3 Å². The number of aliphatic hydroxyl groups is 1. The summed E-state index contributed by atoms with van der Waals surface area (Å²) < 4.78 is 5.32. The predicted octanol–water partition coefficient (Wildman–Crippen LogP) is -0.700. The van der Waals surface area contributed by atoms with E-state index in [0.717, 1.165) is 19.4 Å². The summed E-state index contributed by atoms with van der Waals surface area (Å²) in [7, 11) is 0. The first-order chi connectivity index (χ1) is 8.09. The number of carbonyl (C=O) groups excluding carboxylic acids is 1. The monoisotopic (exact) mass is 246 g/mol. The second-order valence-electron chi connectivity index (χ2n) is 3.91. The molecule has 0 saturated carbocycles. The fourth-order valence-corrected chi connectivity index (χ4v) is 1.52. The molecule has 2 unspecified atom stereocenters. The number of carbonyl (C=O) groups is 2. The second-order valence-corrected chi connectivity index (χ2v) is 3.91. The third-order valence-corrected chi connectivity index (χ3v) is 2.50. The van der Waals surface area contributed by atoms with Crippen LogP contribution in [0.2, 0.25) is 0 Å². The van der Waals surface area contributed by atoms with Crippen molar-refractivity contribution in [2.24, 2.45) is 0 Å². The summed E-state index contributed by atoms with van der Waals surface area (Å²) in [5.41, 5.74) is 0. The molecule has 0 radical (unpaired) electrons. The van der Waals surface area contributed by atoms with E-state index in [2.05, 4.69) is 10.6 Å². The molecule has 17 heavy (non-hydrogen) atoms. The number of aliphatic carboxylic acids is 1. The zero-order valence-corrected chi connectivity index (χ0v) is 9.52. The highest BCUT2D eigenvalue weighted by atomic mass is 16.5. The molecule has 1 saturated heterocycles. The summed E-state index contributed by atoms with van der Waals surface area (Å²) in [4.78, 5) is 21.5. The first-order valence-electron chi connectivity index (χ1n) is 5.63.